The fraction of sp³-hybridized carbons (Fsp3) is 0.444. The van der Waals surface area contributed by atoms with Gasteiger partial charge < -0.3 is 9.69 Å². The van der Waals surface area contributed by atoms with Crippen molar-refractivity contribution in [2.24, 2.45) is 13.0 Å². The molecule has 8 nitrogen and oxygen atoms in total. The Morgan fingerprint density at radius 1 is 1.19 bits per heavy atom. The van der Waals surface area contributed by atoms with E-state index in [1.165, 1.54) is 4.90 Å². The summed E-state index contributed by atoms with van der Waals surface area (Å²) >= 11 is 0. The number of anilines is 2. The summed E-state index contributed by atoms with van der Waals surface area (Å²) in [7, 11) is 1.85. The molecule has 2 fully saturated rings. The zero-order chi connectivity index (χ0) is 18.3. The molecule has 0 atom stereocenters. The van der Waals surface area contributed by atoms with Crippen LogP contribution in [0.15, 0.2) is 18.2 Å². The van der Waals surface area contributed by atoms with Crippen molar-refractivity contribution in [1.29, 1.82) is 0 Å². The quantitative estimate of drug-likeness (QED) is 0.842. The van der Waals surface area contributed by atoms with Crippen LogP contribution in [0.3, 0.4) is 0 Å². The maximum atomic E-state index is 12.1. The van der Waals surface area contributed by atoms with Gasteiger partial charge in [-0.25, -0.2) is 4.79 Å². The van der Waals surface area contributed by atoms with Gasteiger partial charge in [0, 0.05) is 50.1 Å². The summed E-state index contributed by atoms with van der Waals surface area (Å²) in [5.74, 6) is 0.477. The highest BCUT2D eigenvalue weighted by atomic mass is 16.2. The molecule has 4 rings (SSSR count). The molecule has 0 saturated carbocycles. The Morgan fingerprint density at radius 2 is 1.96 bits per heavy atom. The van der Waals surface area contributed by atoms with Crippen molar-refractivity contribution >= 4 is 40.6 Å². The lowest BCUT2D eigenvalue weighted by molar-refractivity contribution is -0.120. The number of nitrogens with zero attached hydrogens (tertiary/aromatic N) is 4. The first kappa shape index (κ1) is 16.6. The maximum absolute atomic E-state index is 12.1. The van der Waals surface area contributed by atoms with Gasteiger partial charge in [-0.15, -0.1) is 0 Å². The summed E-state index contributed by atoms with van der Waals surface area (Å²) in [6.45, 7) is 2.05. The first-order valence-corrected chi connectivity index (χ1v) is 8.85. The van der Waals surface area contributed by atoms with Gasteiger partial charge in [-0.05, 0) is 31.0 Å². The molecule has 1 N–H and O–H groups in total. The lowest BCUT2D eigenvalue weighted by Gasteiger charge is -2.31. The van der Waals surface area contributed by atoms with E-state index in [9.17, 15) is 14.4 Å². The Bertz CT molecular complexity index is 882. The van der Waals surface area contributed by atoms with E-state index in [0.717, 1.165) is 48.8 Å². The topological polar surface area (TPSA) is 87.5 Å². The molecule has 0 radical (unpaired) electrons. The number of piperidine rings is 1. The van der Waals surface area contributed by atoms with Gasteiger partial charge in [0.05, 0.1) is 5.52 Å². The number of urea groups is 1. The highest BCUT2D eigenvalue weighted by Gasteiger charge is 2.28. The molecule has 136 valence electrons. The zero-order valence-corrected chi connectivity index (χ0v) is 14.6. The monoisotopic (exact) mass is 355 g/mol. The Morgan fingerprint density at radius 3 is 2.65 bits per heavy atom. The van der Waals surface area contributed by atoms with Gasteiger partial charge in [-0.1, -0.05) is 0 Å². The third-order valence-corrected chi connectivity index (χ3v) is 5.22. The average molecular weight is 355 g/mol. The lowest BCUT2D eigenvalue weighted by atomic mass is 9.98. The van der Waals surface area contributed by atoms with Crippen molar-refractivity contribution < 1.29 is 14.4 Å². The van der Waals surface area contributed by atoms with Gasteiger partial charge >= 0.3 is 6.03 Å². The van der Waals surface area contributed by atoms with Gasteiger partial charge in [0.2, 0.25) is 5.91 Å². The summed E-state index contributed by atoms with van der Waals surface area (Å²) in [5.41, 5.74) is 2.02. The molecule has 0 spiro atoms. The molecule has 2 aliphatic heterocycles. The molecule has 3 amide bonds. The SMILES string of the molecule is Cn1nc(N2CCC(=O)NC2=O)c2ccc(N3CCC(C=O)CC3)cc21. The number of carbonyl (C=O) groups is 3. The van der Waals surface area contributed by atoms with Crippen LogP contribution in [0.2, 0.25) is 0 Å². The van der Waals surface area contributed by atoms with Gasteiger partial charge in [-0.3, -0.25) is 19.7 Å². The number of aldehydes is 1. The molecule has 1 aromatic heterocycles. The number of hydrogen-bond donors (Lipinski definition) is 1. The second-order valence-electron chi connectivity index (χ2n) is 6.86. The Balaban J connectivity index is 1.64. The predicted octanol–water partition coefficient (Wildman–Crippen LogP) is 1.43. The van der Waals surface area contributed by atoms with E-state index in [-0.39, 0.29) is 18.2 Å². The number of carbonyl (C=O) groups excluding carboxylic acids is 3. The van der Waals surface area contributed by atoms with Crippen LogP contribution in [-0.4, -0.2) is 47.6 Å². The van der Waals surface area contributed by atoms with Crippen molar-refractivity contribution in [2.45, 2.75) is 19.3 Å². The summed E-state index contributed by atoms with van der Waals surface area (Å²) in [4.78, 5) is 38.2. The number of fused-ring (bicyclic) bond motifs is 1. The van der Waals surface area contributed by atoms with E-state index in [0.29, 0.717) is 12.4 Å². The summed E-state index contributed by atoms with van der Waals surface area (Å²) in [5, 5.41) is 7.72. The molecule has 0 bridgehead atoms. The number of hydrogen-bond acceptors (Lipinski definition) is 5. The fourth-order valence-corrected chi connectivity index (χ4v) is 3.68. The zero-order valence-electron chi connectivity index (χ0n) is 14.6. The number of nitrogens with one attached hydrogen (secondary N) is 1. The minimum absolute atomic E-state index is 0.165. The van der Waals surface area contributed by atoms with Crippen molar-refractivity contribution in [3.8, 4) is 0 Å². The molecular formula is C18H21N5O3. The molecule has 3 heterocycles. The molecule has 8 heteroatoms. The number of rotatable bonds is 3. The van der Waals surface area contributed by atoms with Crippen molar-refractivity contribution in [2.75, 3.05) is 29.4 Å². The molecule has 26 heavy (non-hydrogen) atoms. The van der Waals surface area contributed by atoms with Gasteiger partial charge in [-0.2, -0.15) is 5.10 Å². The number of aromatic nitrogens is 2. The van der Waals surface area contributed by atoms with Crippen LogP contribution in [0.25, 0.3) is 10.9 Å². The Hall–Kier alpha value is -2.90. The number of imide groups is 1. The Labute approximate surface area is 150 Å². The first-order valence-electron chi connectivity index (χ1n) is 8.85. The second-order valence-corrected chi connectivity index (χ2v) is 6.86. The predicted molar refractivity (Wildman–Crippen MR) is 97.2 cm³/mol. The minimum atomic E-state index is -0.429. The minimum Gasteiger partial charge on any atom is -0.371 e. The van der Waals surface area contributed by atoms with Gasteiger partial charge in [0.15, 0.2) is 5.82 Å². The van der Waals surface area contributed by atoms with Crippen molar-refractivity contribution in [3.05, 3.63) is 18.2 Å². The number of aryl methyl sites for hydroxylation is 1. The van der Waals surface area contributed by atoms with Crippen molar-refractivity contribution in [3.63, 3.8) is 0 Å². The van der Waals surface area contributed by atoms with Crippen LogP contribution in [0, 0.1) is 5.92 Å². The van der Waals surface area contributed by atoms with Gasteiger partial charge in [0.1, 0.15) is 6.29 Å². The highest BCUT2D eigenvalue weighted by Crippen LogP contribution is 2.31. The third kappa shape index (κ3) is 2.81. The van der Waals surface area contributed by atoms with E-state index in [1.807, 2.05) is 19.2 Å². The lowest BCUT2D eigenvalue weighted by Crippen LogP contribution is -2.49. The summed E-state index contributed by atoms with van der Waals surface area (Å²) < 4.78 is 1.76. The molecule has 0 unspecified atom stereocenters. The maximum Gasteiger partial charge on any atom is 0.329 e. The summed E-state index contributed by atoms with van der Waals surface area (Å²) in [6, 6.07) is 5.64. The molecular weight excluding hydrogens is 334 g/mol. The van der Waals surface area contributed by atoms with Gasteiger partial charge in [0.25, 0.3) is 0 Å². The van der Waals surface area contributed by atoms with Crippen LogP contribution >= 0.6 is 0 Å². The third-order valence-electron chi connectivity index (χ3n) is 5.22. The summed E-state index contributed by atoms with van der Waals surface area (Å²) in [6.07, 6.45) is 3.08. The first-order chi connectivity index (χ1) is 12.6. The largest absolute Gasteiger partial charge is 0.371 e. The standard InChI is InChI=1S/C18H21N5O3/c1-21-15-10-13(22-7-4-12(11-24)5-8-22)2-3-14(15)17(20-21)23-9-6-16(25)19-18(23)26/h2-3,10-12H,4-9H2,1H3,(H,19,25,26). The molecule has 0 aliphatic carbocycles. The van der Waals surface area contributed by atoms with E-state index >= 15 is 0 Å². The molecule has 2 saturated heterocycles. The van der Waals surface area contributed by atoms with Crippen LogP contribution in [-0.2, 0) is 16.6 Å². The molecule has 1 aromatic carbocycles. The average Bonchev–Trinajstić information content (AvgIpc) is 2.98. The van der Waals surface area contributed by atoms with E-state index in [2.05, 4.69) is 21.4 Å². The van der Waals surface area contributed by atoms with Crippen LogP contribution in [0.1, 0.15) is 19.3 Å². The fourth-order valence-electron chi connectivity index (χ4n) is 3.68. The van der Waals surface area contributed by atoms with E-state index < -0.39 is 6.03 Å². The normalized spacial score (nSPS) is 19.1. The number of amides is 3. The molecule has 2 aromatic rings. The van der Waals surface area contributed by atoms with Crippen molar-refractivity contribution in [1.82, 2.24) is 15.1 Å². The van der Waals surface area contributed by atoms with Crippen LogP contribution < -0.4 is 15.1 Å². The number of benzene rings is 1. The van der Waals surface area contributed by atoms with Crippen LogP contribution in [0.4, 0.5) is 16.3 Å². The van der Waals surface area contributed by atoms with E-state index in [4.69, 9.17) is 0 Å². The highest BCUT2D eigenvalue weighted by molar-refractivity contribution is 6.09. The molecule has 2 aliphatic rings. The second kappa shape index (κ2) is 6.44. The van der Waals surface area contributed by atoms with Crippen LogP contribution in [0.5, 0.6) is 0 Å². The smallest absolute Gasteiger partial charge is 0.329 e. The van der Waals surface area contributed by atoms with E-state index in [1.54, 1.807) is 4.68 Å². The Kier molecular flexibility index (Phi) is 4.10.